The summed E-state index contributed by atoms with van der Waals surface area (Å²) in [5.41, 5.74) is -0.402. The number of rotatable bonds is 5. The lowest BCUT2D eigenvalue weighted by molar-refractivity contribution is 0.584. The van der Waals surface area contributed by atoms with Crippen molar-refractivity contribution in [3.05, 3.63) is 87.9 Å². The van der Waals surface area contributed by atoms with Crippen molar-refractivity contribution in [3.63, 3.8) is 0 Å². The van der Waals surface area contributed by atoms with Crippen LogP contribution in [0.1, 0.15) is 0 Å². The molecule has 0 heterocycles. The van der Waals surface area contributed by atoms with Gasteiger partial charge in [0, 0.05) is 5.02 Å². The zero-order valence-electron chi connectivity index (χ0n) is 14.0. The monoisotopic (exact) mass is 475 g/mol. The van der Waals surface area contributed by atoms with Crippen molar-refractivity contribution in [1.82, 2.24) is 0 Å². The SMILES string of the molecule is O=S(=O)(c1ccccc1)N(c1c(Cl)cc(Cl)cc1Cl)S(=O)(=O)c1ccccc1. The van der Waals surface area contributed by atoms with Crippen molar-refractivity contribution in [2.45, 2.75) is 9.79 Å². The van der Waals surface area contributed by atoms with Crippen LogP contribution in [0.25, 0.3) is 0 Å². The van der Waals surface area contributed by atoms with Gasteiger partial charge in [0.2, 0.25) is 0 Å². The minimum absolute atomic E-state index is 0.132. The lowest BCUT2D eigenvalue weighted by Crippen LogP contribution is -2.37. The highest BCUT2D eigenvalue weighted by molar-refractivity contribution is 8.10. The molecule has 0 bridgehead atoms. The van der Waals surface area contributed by atoms with E-state index in [1.54, 1.807) is 12.1 Å². The molecule has 0 saturated carbocycles. The summed E-state index contributed by atoms with van der Waals surface area (Å²) in [5, 5.41) is -0.319. The Hall–Kier alpha value is -1.77. The van der Waals surface area contributed by atoms with Gasteiger partial charge in [-0.25, -0.2) is 16.8 Å². The van der Waals surface area contributed by atoms with Crippen molar-refractivity contribution in [2.75, 3.05) is 3.71 Å². The molecule has 0 N–H and O–H groups in total. The van der Waals surface area contributed by atoms with Gasteiger partial charge in [-0.3, -0.25) is 0 Å². The second-order valence-electron chi connectivity index (χ2n) is 5.55. The van der Waals surface area contributed by atoms with Gasteiger partial charge in [-0.05, 0) is 36.4 Å². The molecule has 0 unspecified atom stereocenters. The summed E-state index contributed by atoms with van der Waals surface area (Å²) in [6.07, 6.45) is 0. The second-order valence-corrected chi connectivity index (χ2v) is 10.6. The molecule has 0 amide bonds. The molecule has 0 aromatic heterocycles. The van der Waals surface area contributed by atoms with Crippen LogP contribution in [-0.2, 0) is 20.0 Å². The summed E-state index contributed by atoms with van der Waals surface area (Å²) >= 11 is 18.3. The van der Waals surface area contributed by atoms with E-state index in [-0.39, 0.29) is 28.6 Å². The van der Waals surface area contributed by atoms with Gasteiger partial charge in [0.25, 0.3) is 20.0 Å². The Morgan fingerprint density at radius 1 is 0.607 bits per heavy atom. The molecule has 3 rings (SSSR count). The van der Waals surface area contributed by atoms with E-state index >= 15 is 0 Å². The highest BCUT2D eigenvalue weighted by Crippen LogP contribution is 2.42. The molecule has 146 valence electrons. The van der Waals surface area contributed by atoms with E-state index < -0.39 is 25.7 Å². The molecular weight excluding hydrogens is 465 g/mol. The van der Waals surface area contributed by atoms with Crippen molar-refractivity contribution < 1.29 is 16.8 Å². The topological polar surface area (TPSA) is 71.5 Å². The summed E-state index contributed by atoms with van der Waals surface area (Å²) in [7, 11) is -9.17. The number of nitrogens with zero attached hydrogens (tertiary/aromatic N) is 1. The Morgan fingerprint density at radius 3 is 1.32 bits per heavy atom. The molecule has 5 nitrogen and oxygen atoms in total. The number of hydrogen-bond acceptors (Lipinski definition) is 4. The minimum atomic E-state index is -4.58. The molecule has 0 fully saturated rings. The van der Waals surface area contributed by atoms with Crippen LogP contribution < -0.4 is 3.71 Å². The van der Waals surface area contributed by atoms with Crippen LogP contribution in [0.3, 0.4) is 0 Å². The first-order chi connectivity index (χ1) is 13.2. The molecule has 0 radical (unpaired) electrons. The number of anilines is 1. The van der Waals surface area contributed by atoms with E-state index in [1.807, 2.05) is 0 Å². The van der Waals surface area contributed by atoms with Gasteiger partial charge in [0.05, 0.1) is 19.8 Å². The number of sulfonamides is 2. The average Bonchev–Trinajstić information content (AvgIpc) is 2.65. The van der Waals surface area contributed by atoms with Crippen LogP contribution in [0, 0.1) is 0 Å². The Labute approximate surface area is 178 Å². The average molecular weight is 477 g/mol. The van der Waals surface area contributed by atoms with E-state index in [0.717, 1.165) is 0 Å². The van der Waals surface area contributed by atoms with E-state index in [1.165, 1.54) is 60.7 Å². The summed E-state index contributed by atoms with van der Waals surface area (Å²) in [6.45, 7) is 0. The lowest BCUT2D eigenvalue weighted by atomic mass is 10.3. The quantitative estimate of drug-likeness (QED) is 0.505. The first-order valence-corrected chi connectivity index (χ1v) is 11.7. The van der Waals surface area contributed by atoms with E-state index in [0.29, 0.717) is 0 Å². The molecule has 0 aliphatic carbocycles. The molecule has 0 aliphatic rings. The zero-order valence-corrected chi connectivity index (χ0v) is 17.9. The van der Waals surface area contributed by atoms with Crippen molar-refractivity contribution >= 4 is 60.5 Å². The summed E-state index contributed by atoms with van der Waals surface area (Å²) < 4.78 is 53.6. The highest BCUT2D eigenvalue weighted by Gasteiger charge is 2.39. The van der Waals surface area contributed by atoms with Crippen LogP contribution in [0.15, 0.2) is 82.6 Å². The Balaban J connectivity index is 2.37. The third-order valence-electron chi connectivity index (χ3n) is 3.68. The Bertz CT molecular complexity index is 1120. The van der Waals surface area contributed by atoms with Crippen molar-refractivity contribution in [3.8, 4) is 0 Å². The fourth-order valence-corrected chi connectivity index (χ4v) is 7.45. The van der Waals surface area contributed by atoms with Crippen molar-refractivity contribution in [2.24, 2.45) is 0 Å². The number of halogens is 3. The molecule has 0 aliphatic heterocycles. The normalized spacial score (nSPS) is 12.0. The fraction of sp³-hybridized carbons (Fsp3) is 0. The molecular formula is C18H12Cl3NO4S2. The molecule has 3 aromatic carbocycles. The van der Waals surface area contributed by atoms with Gasteiger partial charge >= 0.3 is 0 Å². The van der Waals surface area contributed by atoms with Gasteiger partial charge in [-0.15, -0.1) is 0 Å². The Kier molecular flexibility index (Phi) is 5.93. The molecule has 0 saturated heterocycles. The van der Waals surface area contributed by atoms with Gasteiger partial charge < -0.3 is 0 Å². The highest BCUT2D eigenvalue weighted by atomic mass is 35.5. The molecule has 28 heavy (non-hydrogen) atoms. The Morgan fingerprint density at radius 2 is 0.964 bits per heavy atom. The maximum absolute atomic E-state index is 13.3. The third kappa shape index (κ3) is 3.86. The zero-order chi connectivity index (χ0) is 20.5. The van der Waals surface area contributed by atoms with E-state index in [2.05, 4.69) is 0 Å². The standard InChI is InChI=1S/C18H12Cl3NO4S2/c19-13-11-16(20)18(17(21)12-13)22(27(23,24)14-7-3-1-4-8-14)28(25,26)15-9-5-2-6-10-15/h1-12H. The second kappa shape index (κ2) is 7.93. The largest absolute Gasteiger partial charge is 0.277 e. The molecule has 3 aromatic rings. The molecule has 0 atom stereocenters. The fourth-order valence-electron chi connectivity index (χ4n) is 2.45. The predicted molar refractivity (Wildman–Crippen MR) is 111 cm³/mol. The minimum Gasteiger partial charge on any atom is -0.200 e. The van der Waals surface area contributed by atoms with Gasteiger partial charge in [0.1, 0.15) is 5.69 Å². The van der Waals surface area contributed by atoms with Crippen LogP contribution >= 0.6 is 34.8 Å². The maximum atomic E-state index is 13.3. The van der Waals surface area contributed by atoms with Crippen molar-refractivity contribution in [1.29, 1.82) is 0 Å². The first kappa shape index (κ1) is 21.0. The van der Waals surface area contributed by atoms with Gasteiger partial charge in [-0.2, -0.15) is 3.71 Å². The molecule has 10 heteroatoms. The number of benzene rings is 3. The molecule has 0 spiro atoms. The summed E-state index contributed by atoms with van der Waals surface area (Å²) in [4.78, 5) is -0.479. The van der Waals surface area contributed by atoms with Crippen LogP contribution in [0.2, 0.25) is 15.1 Å². The summed E-state index contributed by atoms with van der Waals surface area (Å²) in [5.74, 6) is 0. The van der Waals surface area contributed by atoms with Gasteiger partial charge in [0.15, 0.2) is 0 Å². The van der Waals surface area contributed by atoms with E-state index in [9.17, 15) is 16.8 Å². The van der Waals surface area contributed by atoms with Crippen LogP contribution in [0.5, 0.6) is 0 Å². The maximum Gasteiger partial charge on any atom is 0.277 e. The van der Waals surface area contributed by atoms with Gasteiger partial charge in [-0.1, -0.05) is 71.2 Å². The number of hydrogen-bond donors (Lipinski definition) is 0. The van der Waals surface area contributed by atoms with Crippen LogP contribution in [-0.4, -0.2) is 16.8 Å². The first-order valence-electron chi connectivity index (χ1n) is 7.71. The third-order valence-corrected chi connectivity index (χ3v) is 8.63. The van der Waals surface area contributed by atoms with E-state index in [4.69, 9.17) is 34.8 Å². The summed E-state index contributed by atoms with van der Waals surface area (Å²) in [6, 6.07) is 16.7. The van der Waals surface area contributed by atoms with Crippen LogP contribution in [0.4, 0.5) is 5.69 Å². The smallest absolute Gasteiger partial charge is 0.200 e. The predicted octanol–water partition coefficient (Wildman–Crippen LogP) is 5.23. The lowest BCUT2D eigenvalue weighted by Gasteiger charge is -2.26.